The van der Waals surface area contributed by atoms with Crippen molar-refractivity contribution in [2.75, 3.05) is 52.9 Å². The molecule has 156 valence electrons. The molecule has 6 nitrogen and oxygen atoms in total. The molecule has 0 amide bonds. The molecule has 2 N–H and O–H groups in total. The molecular weight excluding hydrogens is 858 g/mol. The Morgan fingerprint density at radius 3 is 1.63 bits per heavy atom. The summed E-state index contributed by atoms with van der Waals surface area (Å²) in [5.74, 6) is 0. The first-order chi connectivity index (χ1) is 11.7. The van der Waals surface area contributed by atoms with E-state index in [1.807, 2.05) is 13.8 Å². The minimum Gasteiger partial charge on any atom is -0.413 e. The molecule has 0 radical (unpaired) electrons. The van der Waals surface area contributed by atoms with Crippen LogP contribution in [0.2, 0.25) is 0 Å². The van der Waals surface area contributed by atoms with E-state index in [0.29, 0.717) is 39.6 Å². The van der Waals surface area contributed by atoms with Crippen LogP contribution in [-0.2, 0) is 19.1 Å². The smallest absolute Gasteiger partial charge is 0.0895 e. The van der Waals surface area contributed by atoms with Crippen LogP contribution in [-0.4, -0.2) is 63.2 Å². The van der Waals surface area contributed by atoms with Crippen LogP contribution in [0.1, 0.15) is 40.5 Å². The minimum atomic E-state index is -0.422. The second kappa shape index (κ2) is 13.9. The number of hydrogen-bond donors (Lipinski definition) is 2. The maximum Gasteiger partial charge on any atom is 0.0895 e. The Morgan fingerprint density at radius 1 is 0.704 bits per heavy atom. The van der Waals surface area contributed by atoms with E-state index in [1.165, 1.54) is 0 Å². The van der Waals surface area contributed by atoms with Gasteiger partial charge in [0.1, 0.15) is 0 Å². The standard InChI is InChI=1S/C19H38O6.2Rf/c1-7-22-13-18(5,16-25-21)10-9-17(3,4)12-24-15-19(6,11-20)14-23-8-2;;/h20-21H,1-2,7-16H2,3-6H3;;/q-2;;. The molecule has 0 saturated heterocycles. The van der Waals surface area contributed by atoms with Gasteiger partial charge in [-0.3, -0.25) is 5.26 Å². The van der Waals surface area contributed by atoms with Crippen LogP contribution in [0.3, 0.4) is 0 Å². The number of rotatable bonds is 16. The Morgan fingerprint density at radius 2 is 1.19 bits per heavy atom. The Kier molecular flexibility index (Phi) is 15.2. The summed E-state index contributed by atoms with van der Waals surface area (Å²) < 4.78 is 16.6. The molecule has 0 rings (SSSR count). The van der Waals surface area contributed by atoms with Gasteiger partial charge >= 0.3 is 0 Å². The number of aliphatic hydroxyl groups excluding tert-OH is 1. The minimum absolute atomic E-state index is 0. The summed E-state index contributed by atoms with van der Waals surface area (Å²) in [6.45, 7) is 18.4. The van der Waals surface area contributed by atoms with Crippen molar-refractivity contribution < 1.29 is 29.5 Å². The Balaban J connectivity index is -0.00000288. The van der Waals surface area contributed by atoms with Gasteiger partial charge in [0, 0.05) is 10.8 Å². The summed E-state index contributed by atoms with van der Waals surface area (Å²) in [7, 11) is 0. The van der Waals surface area contributed by atoms with E-state index in [1.54, 1.807) is 0 Å². The third kappa shape index (κ3) is 12.7. The molecule has 0 fully saturated rings. The second-order valence-corrected chi connectivity index (χ2v) is 8.32. The predicted molar refractivity (Wildman–Crippen MR) is 98.1 cm³/mol. The molecule has 0 saturated carbocycles. The number of hydrogen-bond acceptors (Lipinski definition) is 6. The normalized spacial score (nSPS) is 16.0. The topological polar surface area (TPSA) is 77.4 Å². The van der Waals surface area contributed by atoms with Crippen molar-refractivity contribution in [2.24, 2.45) is 16.2 Å². The van der Waals surface area contributed by atoms with Gasteiger partial charge in [0.05, 0.1) is 39.6 Å². The molecule has 8 heteroatoms. The van der Waals surface area contributed by atoms with E-state index in [9.17, 15) is 5.11 Å². The number of ether oxygens (including phenoxy) is 3. The van der Waals surface area contributed by atoms with Gasteiger partial charge < -0.3 is 33.2 Å². The van der Waals surface area contributed by atoms with Crippen LogP contribution in [0.5, 0.6) is 0 Å². The van der Waals surface area contributed by atoms with E-state index < -0.39 is 5.41 Å². The molecule has 0 heterocycles. The molecule has 0 aliphatic carbocycles. The SMILES string of the molecule is [CH2-]COCC(C)(CCC(C)(C)COCC(C)(CO)COC[CH2-])COO.[Rf].[Rf]. The molecule has 0 aromatic heterocycles. The van der Waals surface area contributed by atoms with Crippen molar-refractivity contribution >= 4 is 0 Å². The van der Waals surface area contributed by atoms with Crippen molar-refractivity contribution in [3.63, 3.8) is 0 Å². The third-order valence-corrected chi connectivity index (χ3v) is 4.33. The van der Waals surface area contributed by atoms with Gasteiger partial charge in [-0.25, -0.2) is 4.89 Å². The molecule has 2 unspecified atom stereocenters. The van der Waals surface area contributed by atoms with Crippen molar-refractivity contribution in [3.05, 3.63) is 13.8 Å². The van der Waals surface area contributed by atoms with Crippen LogP contribution in [0.25, 0.3) is 0 Å². The van der Waals surface area contributed by atoms with Gasteiger partial charge in [-0.05, 0) is 18.3 Å². The largest absolute Gasteiger partial charge is 0.413 e. The maximum absolute atomic E-state index is 9.56. The van der Waals surface area contributed by atoms with Gasteiger partial charge in [-0.1, -0.05) is 40.9 Å². The summed E-state index contributed by atoms with van der Waals surface area (Å²) >= 11 is 0. The molecule has 0 aliphatic heterocycles. The van der Waals surface area contributed by atoms with Crippen molar-refractivity contribution in [2.45, 2.75) is 40.5 Å². The van der Waals surface area contributed by atoms with Crippen molar-refractivity contribution in [3.8, 4) is 0 Å². The average molecular weight is 897 g/mol. The Hall–Kier alpha value is -2.24. The summed E-state index contributed by atoms with van der Waals surface area (Å²) in [6, 6.07) is 0. The van der Waals surface area contributed by atoms with Gasteiger partial charge in [-0.15, -0.1) is 0 Å². The van der Waals surface area contributed by atoms with Crippen LogP contribution in [0.4, 0.5) is 0 Å². The van der Waals surface area contributed by atoms with Gasteiger partial charge in [0.25, 0.3) is 0 Å². The third-order valence-electron chi connectivity index (χ3n) is 4.33. The van der Waals surface area contributed by atoms with E-state index >= 15 is 0 Å². The zero-order valence-corrected chi connectivity index (χ0v) is 30.7. The molecule has 0 aliphatic rings. The molecule has 0 aromatic rings. The van der Waals surface area contributed by atoms with Crippen molar-refractivity contribution in [1.82, 2.24) is 0 Å². The number of aliphatic hydroxyl groups is 1. The molecular formula is C19H38O6Rf2-2. The van der Waals surface area contributed by atoms with Gasteiger partial charge in [0.2, 0.25) is 0 Å². The zero-order chi connectivity index (χ0) is 19.4. The fraction of sp³-hybridized carbons (Fsp3) is 0.895. The summed E-state index contributed by atoms with van der Waals surface area (Å²) in [6.07, 6.45) is 1.71. The summed E-state index contributed by atoms with van der Waals surface area (Å²) in [4.78, 5) is 4.37. The van der Waals surface area contributed by atoms with E-state index in [-0.39, 0.29) is 24.0 Å². The first-order valence-corrected chi connectivity index (χ1v) is 8.85. The zero-order valence-electron chi connectivity index (χ0n) is 17.9. The van der Waals surface area contributed by atoms with E-state index in [0.717, 1.165) is 12.8 Å². The Bertz CT molecular complexity index is 346. The van der Waals surface area contributed by atoms with Gasteiger partial charge in [-0.2, -0.15) is 0 Å². The van der Waals surface area contributed by atoms with E-state index in [4.69, 9.17) is 19.5 Å². The predicted octanol–water partition coefficient (Wildman–Crippen LogP) is 3.01. The Labute approximate surface area is 153 Å². The van der Waals surface area contributed by atoms with Gasteiger partial charge in [0.15, 0.2) is 0 Å². The first-order valence-electron chi connectivity index (χ1n) is 8.85. The van der Waals surface area contributed by atoms with Crippen LogP contribution >= 0.6 is 0 Å². The van der Waals surface area contributed by atoms with E-state index in [2.05, 4.69) is 32.6 Å². The van der Waals surface area contributed by atoms with Crippen LogP contribution in [0, 0.1) is 30.1 Å². The average Bonchev–Trinajstić information content (AvgIpc) is 2.57. The second-order valence-electron chi connectivity index (χ2n) is 8.32. The van der Waals surface area contributed by atoms with Crippen LogP contribution < -0.4 is 0 Å². The monoisotopic (exact) mass is 897 g/mol. The van der Waals surface area contributed by atoms with Crippen molar-refractivity contribution in [1.29, 1.82) is 0 Å². The molecule has 27 heavy (non-hydrogen) atoms. The fourth-order valence-electron chi connectivity index (χ4n) is 2.40. The first kappa shape index (κ1) is 29.5. The maximum atomic E-state index is 9.56. The quantitative estimate of drug-likeness (QED) is 0.141. The van der Waals surface area contributed by atoms with Crippen LogP contribution in [0.15, 0.2) is 0 Å². The molecule has 2 atom stereocenters. The molecule has 0 aromatic carbocycles. The summed E-state index contributed by atoms with van der Waals surface area (Å²) in [5, 5.41) is 18.4. The molecule has 0 spiro atoms. The fourth-order valence-corrected chi connectivity index (χ4v) is 2.40. The molecule has 0 bridgehead atoms. The summed E-state index contributed by atoms with van der Waals surface area (Å²) in [5.41, 5.74) is -0.745.